The molecule has 184 valence electrons. The van der Waals surface area contributed by atoms with Crippen molar-refractivity contribution in [2.45, 2.75) is 57.6 Å². The summed E-state index contributed by atoms with van der Waals surface area (Å²) in [6, 6.07) is 10.0. The number of fused-ring (bicyclic) bond motifs is 1. The lowest BCUT2D eigenvalue weighted by Crippen LogP contribution is -2.62. The number of carbonyl (C=O) groups excluding carboxylic acids is 2. The van der Waals surface area contributed by atoms with Crippen LogP contribution in [0.3, 0.4) is 0 Å². The molecule has 2 amide bonds. The highest BCUT2D eigenvalue weighted by atomic mass is 16.5. The third-order valence-corrected chi connectivity index (χ3v) is 6.80. The minimum Gasteiger partial charge on any atom is -0.491 e. The van der Waals surface area contributed by atoms with Gasteiger partial charge < -0.3 is 19.3 Å². The Kier molecular flexibility index (Phi) is 8.21. The molecule has 1 fully saturated rings. The lowest BCUT2D eigenvalue weighted by Gasteiger charge is -2.44. The summed E-state index contributed by atoms with van der Waals surface area (Å²) < 4.78 is 14.1. The van der Waals surface area contributed by atoms with Gasteiger partial charge in [0.1, 0.15) is 12.4 Å². The van der Waals surface area contributed by atoms with Crippen LogP contribution in [-0.4, -0.2) is 76.4 Å². The molecule has 1 atom stereocenters. The number of morpholine rings is 1. The fourth-order valence-corrected chi connectivity index (χ4v) is 4.90. The second-order valence-electron chi connectivity index (χ2n) is 9.08. The van der Waals surface area contributed by atoms with Crippen LogP contribution in [0.15, 0.2) is 42.7 Å². The van der Waals surface area contributed by atoms with Crippen molar-refractivity contribution in [1.29, 1.82) is 0 Å². The van der Waals surface area contributed by atoms with Gasteiger partial charge in [-0.2, -0.15) is 5.10 Å². The molecule has 4 rings (SSSR count). The Balaban J connectivity index is 1.44. The smallest absolute Gasteiger partial charge is 0.256 e. The number of para-hydroxylation sites is 1. The zero-order valence-corrected chi connectivity index (χ0v) is 20.2. The maximum absolute atomic E-state index is 13.7. The number of rotatable bonds is 5. The predicted molar refractivity (Wildman–Crippen MR) is 128 cm³/mol. The van der Waals surface area contributed by atoms with Crippen molar-refractivity contribution in [1.82, 2.24) is 19.6 Å². The normalized spacial score (nSPS) is 22.0. The maximum Gasteiger partial charge on any atom is 0.256 e. The van der Waals surface area contributed by atoms with Gasteiger partial charge in [-0.25, -0.2) is 0 Å². The van der Waals surface area contributed by atoms with E-state index in [9.17, 15) is 9.59 Å². The SMILES string of the molecule is CCN1CCOc2ccccc2CCCCC2(CN(C(=O)CCCn3cccn3)CCO2)C1=O. The Hall–Kier alpha value is -2.87. The summed E-state index contributed by atoms with van der Waals surface area (Å²) in [5.41, 5.74) is 0.218. The van der Waals surface area contributed by atoms with E-state index < -0.39 is 5.60 Å². The number of amides is 2. The molecule has 3 heterocycles. The van der Waals surface area contributed by atoms with Gasteiger partial charge in [0.2, 0.25) is 5.91 Å². The number of hydrogen-bond donors (Lipinski definition) is 0. The Morgan fingerprint density at radius 3 is 2.85 bits per heavy atom. The van der Waals surface area contributed by atoms with Crippen molar-refractivity contribution in [2.75, 3.05) is 39.4 Å². The highest BCUT2D eigenvalue weighted by molar-refractivity contribution is 5.87. The number of likely N-dealkylation sites (N-methyl/N-ethyl adjacent to an activating group) is 1. The molecule has 1 spiro atoms. The third-order valence-electron chi connectivity index (χ3n) is 6.80. The lowest BCUT2D eigenvalue weighted by molar-refractivity contribution is -0.176. The van der Waals surface area contributed by atoms with Crippen LogP contribution in [0.25, 0.3) is 0 Å². The Morgan fingerprint density at radius 1 is 1.15 bits per heavy atom. The minimum absolute atomic E-state index is 0.0264. The molecule has 0 N–H and O–H groups in total. The molecule has 1 unspecified atom stereocenters. The Labute approximate surface area is 201 Å². The van der Waals surface area contributed by atoms with Crippen LogP contribution in [0.2, 0.25) is 0 Å². The molecule has 1 aromatic heterocycles. The molecule has 0 saturated carbocycles. The third kappa shape index (κ3) is 5.78. The van der Waals surface area contributed by atoms with Gasteiger partial charge in [-0.15, -0.1) is 0 Å². The number of aryl methyl sites for hydroxylation is 2. The van der Waals surface area contributed by atoms with Gasteiger partial charge in [-0.05, 0) is 56.7 Å². The quantitative estimate of drug-likeness (QED) is 0.674. The lowest BCUT2D eigenvalue weighted by atomic mass is 9.90. The van der Waals surface area contributed by atoms with Crippen molar-refractivity contribution < 1.29 is 19.1 Å². The van der Waals surface area contributed by atoms with E-state index in [1.807, 2.05) is 51.9 Å². The molecule has 2 aliphatic heterocycles. The summed E-state index contributed by atoms with van der Waals surface area (Å²) in [4.78, 5) is 30.4. The highest BCUT2D eigenvalue weighted by Gasteiger charge is 2.46. The van der Waals surface area contributed by atoms with E-state index in [1.54, 1.807) is 6.20 Å². The first-order valence-electron chi connectivity index (χ1n) is 12.5. The van der Waals surface area contributed by atoms with E-state index in [0.29, 0.717) is 58.8 Å². The maximum atomic E-state index is 13.7. The first-order valence-corrected chi connectivity index (χ1v) is 12.5. The van der Waals surface area contributed by atoms with Crippen molar-refractivity contribution >= 4 is 11.8 Å². The fourth-order valence-electron chi connectivity index (χ4n) is 4.90. The first kappa shape index (κ1) is 24.3. The second-order valence-corrected chi connectivity index (χ2v) is 9.08. The van der Waals surface area contributed by atoms with Gasteiger partial charge in [0.15, 0.2) is 5.60 Å². The standard InChI is InChI=1S/C26H36N4O4/c1-2-28-17-19-33-23-11-4-3-9-22(23)10-5-6-13-26(25(28)32)21-29(18-20-34-26)24(31)12-7-15-30-16-8-14-27-30/h3-4,8-9,11,14,16H,2,5-7,10,12-13,15,17-21H2,1H3. The van der Waals surface area contributed by atoms with Crippen molar-refractivity contribution in [3.8, 4) is 5.75 Å². The van der Waals surface area contributed by atoms with Crippen molar-refractivity contribution in [3.05, 3.63) is 48.3 Å². The molecule has 0 bridgehead atoms. The summed E-state index contributed by atoms with van der Waals surface area (Å²) in [6.07, 6.45) is 8.09. The van der Waals surface area contributed by atoms with Gasteiger partial charge in [0, 0.05) is 38.4 Å². The second kappa shape index (κ2) is 11.5. The predicted octanol–water partition coefficient (Wildman–Crippen LogP) is 2.91. The highest BCUT2D eigenvalue weighted by Crippen LogP contribution is 2.30. The molecule has 0 aliphatic carbocycles. The average Bonchev–Trinajstić information content (AvgIpc) is 3.38. The summed E-state index contributed by atoms with van der Waals surface area (Å²) >= 11 is 0. The average molecular weight is 469 g/mol. The van der Waals surface area contributed by atoms with Crippen molar-refractivity contribution in [3.63, 3.8) is 0 Å². The molecule has 1 saturated heterocycles. The van der Waals surface area contributed by atoms with Crippen LogP contribution < -0.4 is 4.74 Å². The summed E-state index contributed by atoms with van der Waals surface area (Å²) in [6.45, 7) is 5.42. The molecule has 2 aliphatic rings. The Bertz CT molecular complexity index is 948. The Morgan fingerprint density at radius 2 is 2.03 bits per heavy atom. The number of aromatic nitrogens is 2. The largest absolute Gasteiger partial charge is 0.491 e. The van der Waals surface area contributed by atoms with Gasteiger partial charge in [0.25, 0.3) is 5.91 Å². The number of hydrogen-bond acceptors (Lipinski definition) is 5. The van der Waals surface area contributed by atoms with Crippen LogP contribution in [0, 0.1) is 0 Å². The fraction of sp³-hybridized carbons (Fsp3) is 0.577. The van der Waals surface area contributed by atoms with Gasteiger partial charge in [-0.3, -0.25) is 14.3 Å². The molecule has 8 heteroatoms. The van der Waals surface area contributed by atoms with Crippen molar-refractivity contribution in [2.24, 2.45) is 0 Å². The summed E-state index contributed by atoms with van der Waals surface area (Å²) in [5, 5.41) is 4.20. The van der Waals surface area contributed by atoms with Crippen LogP contribution >= 0.6 is 0 Å². The van der Waals surface area contributed by atoms with Crippen LogP contribution in [-0.2, 0) is 27.3 Å². The monoisotopic (exact) mass is 468 g/mol. The van der Waals surface area contributed by atoms with Gasteiger partial charge in [-0.1, -0.05) is 18.2 Å². The summed E-state index contributed by atoms with van der Waals surface area (Å²) in [7, 11) is 0. The molecule has 0 radical (unpaired) electrons. The van der Waals surface area contributed by atoms with Gasteiger partial charge >= 0.3 is 0 Å². The van der Waals surface area contributed by atoms with Crippen LogP contribution in [0.5, 0.6) is 5.75 Å². The van der Waals surface area contributed by atoms with Crippen LogP contribution in [0.4, 0.5) is 0 Å². The number of nitrogens with zero attached hydrogens (tertiary/aromatic N) is 4. The molecule has 1 aromatic carbocycles. The van der Waals surface area contributed by atoms with E-state index in [0.717, 1.165) is 31.4 Å². The topological polar surface area (TPSA) is 76.9 Å². The van der Waals surface area contributed by atoms with E-state index in [2.05, 4.69) is 11.2 Å². The van der Waals surface area contributed by atoms with Crippen LogP contribution in [0.1, 0.15) is 44.6 Å². The van der Waals surface area contributed by atoms with E-state index in [-0.39, 0.29) is 11.8 Å². The van der Waals surface area contributed by atoms with E-state index >= 15 is 0 Å². The zero-order chi connectivity index (χ0) is 23.8. The van der Waals surface area contributed by atoms with E-state index in [4.69, 9.17) is 9.47 Å². The first-order chi connectivity index (χ1) is 16.6. The number of carbonyl (C=O) groups is 2. The van der Waals surface area contributed by atoms with E-state index in [1.165, 1.54) is 5.56 Å². The molecule has 8 nitrogen and oxygen atoms in total. The number of benzene rings is 1. The molecule has 34 heavy (non-hydrogen) atoms. The minimum atomic E-state index is -0.982. The zero-order valence-electron chi connectivity index (χ0n) is 20.2. The molecular formula is C26H36N4O4. The molecule has 2 aromatic rings. The summed E-state index contributed by atoms with van der Waals surface area (Å²) in [5.74, 6) is 0.956. The van der Waals surface area contributed by atoms with Gasteiger partial charge in [0.05, 0.1) is 19.7 Å². The molecular weight excluding hydrogens is 432 g/mol. The number of ether oxygens (including phenoxy) is 2.